The summed E-state index contributed by atoms with van der Waals surface area (Å²) in [6.45, 7) is 4.84. The zero-order valence-corrected chi connectivity index (χ0v) is 12.9. The van der Waals surface area contributed by atoms with Crippen molar-refractivity contribution < 1.29 is 4.79 Å². The van der Waals surface area contributed by atoms with Gasteiger partial charge in [-0.25, -0.2) is 0 Å². The van der Waals surface area contributed by atoms with Crippen LogP contribution in [0.1, 0.15) is 19.8 Å². The molecule has 0 unspecified atom stereocenters. The van der Waals surface area contributed by atoms with Gasteiger partial charge in [0.1, 0.15) is 0 Å². The molecule has 0 bridgehead atoms. The molecule has 8 heteroatoms. The molecule has 21 heavy (non-hydrogen) atoms. The molecular weight excluding hydrogens is 270 g/mol. The van der Waals surface area contributed by atoms with Gasteiger partial charge in [0.05, 0.1) is 0 Å². The first kappa shape index (κ1) is 15.3. The van der Waals surface area contributed by atoms with E-state index in [1.807, 2.05) is 23.9 Å². The van der Waals surface area contributed by atoms with Gasteiger partial charge in [0.25, 0.3) is 0 Å². The first-order chi connectivity index (χ1) is 10.1. The predicted octanol–water partition coefficient (Wildman–Crippen LogP) is 0.0858. The monoisotopic (exact) mass is 293 g/mol. The lowest BCUT2D eigenvalue weighted by Gasteiger charge is -2.21. The van der Waals surface area contributed by atoms with Gasteiger partial charge in [-0.05, 0) is 6.42 Å². The number of carbonyl (C=O) groups is 1. The molecule has 0 saturated carbocycles. The fourth-order valence-electron chi connectivity index (χ4n) is 1.98. The molecular formula is C13H23N7O. The third-order valence-electron chi connectivity index (χ3n) is 3.14. The van der Waals surface area contributed by atoms with Crippen LogP contribution in [-0.4, -0.2) is 61.1 Å². The van der Waals surface area contributed by atoms with Gasteiger partial charge < -0.3 is 20.4 Å². The standard InChI is InChI=1S/C13H23N7O/c1-4-6-15-11-16-12(19(2)3)18-13(17-11)20-8-5-10(21)14-7-9-20/h4-9H2,1-3H3,(H,14,21)(H,15,16,17,18). The van der Waals surface area contributed by atoms with E-state index in [0.717, 1.165) is 13.0 Å². The summed E-state index contributed by atoms with van der Waals surface area (Å²) in [6, 6.07) is 0. The van der Waals surface area contributed by atoms with E-state index in [9.17, 15) is 4.79 Å². The van der Waals surface area contributed by atoms with Gasteiger partial charge in [0, 0.05) is 46.7 Å². The van der Waals surface area contributed by atoms with Gasteiger partial charge in [-0.2, -0.15) is 15.0 Å². The van der Waals surface area contributed by atoms with Crippen LogP contribution in [0.25, 0.3) is 0 Å². The van der Waals surface area contributed by atoms with Gasteiger partial charge in [-0.15, -0.1) is 0 Å². The largest absolute Gasteiger partial charge is 0.354 e. The van der Waals surface area contributed by atoms with Crippen molar-refractivity contribution in [3.05, 3.63) is 0 Å². The third kappa shape index (κ3) is 4.17. The Labute approximate surface area is 125 Å². The zero-order chi connectivity index (χ0) is 15.2. The number of amides is 1. The van der Waals surface area contributed by atoms with E-state index in [0.29, 0.717) is 43.9 Å². The summed E-state index contributed by atoms with van der Waals surface area (Å²) in [5.74, 6) is 1.88. The number of carbonyl (C=O) groups excluding carboxylic acids is 1. The molecule has 0 aliphatic carbocycles. The van der Waals surface area contributed by atoms with Crippen molar-refractivity contribution in [2.75, 3.05) is 55.4 Å². The summed E-state index contributed by atoms with van der Waals surface area (Å²) in [4.78, 5) is 28.6. The summed E-state index contributed by atoms with van der Waals surface area (Å²) in [5.41, 5.74) is 0. The number of anilines is 3. The van der Waals surface area contributed by atoms with Gasteiger partial charge in [-0.1, -0.05) is 6.92 Å². The minimum atomic E-state index is 0.0729. The molecule has 8 nitrogen and oxygen atoms in total. The van der Waals surface area contributed by atoms with Gasteiger partial charge >= 0.3 is 0 Å². The smallest absolute Gasteiger partial charge is 0.232 e. The van der Waals surface area contributed by atoms with E-state index >= 15 is 0 Å². The normalized spacial score (nSPS) is 15.4. The van der Waals surface area contributed by atoms with Crippen LogP contribution < -0.4 is 20.4 Å². The van der Waals surface area contributed by atoms with E-state index in [4.69, 9.17) is 0 Å². The van der Waals surface area contributed by atoms with E-state index in [1.54, 1.807) is 0 Å². The summed E-state index contributed by atoms with van der Waals surface area (Å²) in [7, 11) is 3.80. The van der Waals surface area contributed by atoms with E-state index in [-0.39, 0.29) is 5.91 Å². The molecule has 1 fully saturated rings. The second kappa shape index (κ2) is 7.05. The van der Waals surface area contributed by atoms with Crippen LogP contribution in [0.15, 0.2) is 0 Å². The molecule has 1 amide bonds. The minimum Gasteiger partial charge on any atom is -0.354 e. The van der Waals surface area contributed by atoms with Crippen LogP contribution in [0.4, 0.5) is 17.8 Å². The second-order valence-electron chi connectivity index (χ2n) is 5.17. The fourth-order valence-corrected chi connectivity index (χ4v) is 1.98. The molecule has 2 rings (SSSR count). The van der Waals surface area contributed by atoms with Crippen LogP contribution in [0.2, 0.25) is 0 Å². The third-order valence-corrected chi connectivity index (χ3v) is 3.14. The van der Waals surface area contributed by atoms with Crippen molar-refractivity contribution in [2.24, 2.45) is 0 Å². The van der Waals surface area contributed by atoms with Crippen molar-refractivity contribution >= 4 is 23.8 Å². The lowest BCUT2D eigenvalue weighted by Crippen LogP contribution is -2.30. The van der Waals surface area contributed by atoms with E-state index in [1.165, 1.54) is 0 Å². The highest BCUT2D eigenvalue weighted by molar-refractivity contribution is 5.77. The van der Waals surface area contributed by atoms with Crippen molar-refractivity contribution in [2.45, 2.75) is 19.8 Å². The summed E-state index contributed by atoms with van der Waals surface area (Å²) in [5, 5.41) is 6.05. The zero-order valence-electron chi connectivity index (χ0n) is 12.9. The van der Waals surface area contributed by atoms with E-state index < -0.39 is 0 Å². The maximum atomic E-state index is 11.4. The molecule has 0 atom stereocenters. The first-order valence-electron chi connectivity index (χ1n) is 7.29. The number of hydrogen-bond donors (Lipinski definition) is 2. The molecule has 2 heterocycles. The molecule has 0 spiro atoms. The Bertz CT molecular complexity index is 491. The number of nitrogens with one attached hydrogen (secondary N) is 2. The molecule has 1 aromatic rings. The average Bonchev–Trinajstić information content (AvgIpc) is 2.69. The van der Waals surface area contributed by atoms with Crippen molar-refractivity contribution in [3.8, 4) is 0 Å². The Hall–Kier alpha value is -2.12. The van der Waals surface area contributed by atoms with Crippen LogP contribution >= 0.6 is 0 Å². The fraction of sp³-hybridized carbons (Fsp3) is 0.692. The molecule has 2 N–H and O–H groups in total. The minimum absolute atomic E-state index is 0.0729. The SMILES string of the molecule is CCCNc1nc(N(C)C)nc(N2CCNC(=O)CC2)n1. The predicted molar refractivity (Wildman–Crippen MR) is 82.8 cm³/mol. The molecule has 1 aromatic heterocycles. The molecule has 1 aliphatic heterocycles. The first-order valence-corrected chi connectivity index (χ1v) is 7.29. The van der Waals surface area contributed by atoms with Gasteiger partial charge in [0.2, 0.25) is 23.8 Å². The highest BCUT2D eigenvalue weighted by atomic mass is 16.1. The Morgan fingerprint density at radius 3 is 2.81 bits per heavy atom. The van der Waals surface area contributed by atoms with Gasteiger partial charge in [0.15, 0.2) is 0 Å². The Morgan fingerprint density at radius 2 is 2.10 bits per heavy atom. The van der Waals surface area contributed by atoms with Crippen molar-refractivity contribution in [1.82, 2.24) is 20.3 Å². The van der Waals surface area contributed by atoms with Crippen LogP contribution in [0.3, 0.4) is 0 Å². The van der Waals surface area contributed by atoms with Crippen LogP contribution in [-0.2, 0) is 4.79 Å². The Kier molecular flexibility index (Phi) is 5.13. The number of nitrogens with zero attached hydrogens (tertiary/aromatic N) is 5. The quantitative estimate of drug-likeness (QED) is 0.795. The Morgan fingerprint density at radius 1 is 1.29 bits per heavy atom. The number of rotatable bonds is 5. The van der Waals surface area contributed by atoms with Gasteiger partial charge in [-0.3, -0.25) is 4.79 Å². The van der Waals surface area contributed by atoms with E-state index in [2.05, 4.69) is 32.5 Å². The van der Waals surface area contributed by atoms with Crippen molar-refractivity contribution in [3.63, 3.8) is 0 Å². The number of hydrogen-bond acceptors (Lipinski definition) is 7. The molecule has 116 valence electrons. The lowest BCUT2D eigenvalue weighted by molar-refractivity contribution is -0.120. The Balaban J connectivity index is 2.23. The topological polar surface area (TPSA) is 86.3 Å². The second-order valence-corrected chi connectivity index (χ2v) is 5.17. The van der Waals surface area contributed by atoms with Crippen LogP contribution in [0.5, 0.6) is 0 Å². The molecule has 0 aromatic carbocycles. The molecule has 1 saturated heterocycles. The molecule has 1 aliphatic rings. The maximum Gasteiger partial charge on any atom is 0.232 e. The summed E-state index contributed by atoms with van der Waals surface area (Å²) >= 11 is 0. The summed E-state index contributed by atoms with van der Waals surface area (Å²) < 4.78 is 0. The summed E-state index contributed by atoms with van der Waals surface area (Å²) in [6.07, 6.45) is 1.46. The van der Waals surface area contributed by atoms with Crippen LogP contribution in [0, 0.1) is 0 Å². The highest BCUT2D eigenvalue weighted by Crippen LogP contribution is 2.16. The number of aromatic nitrogens is 3. The maximum absolute atomic E-state index is 11.4. The highest BCUT2D eigenvalue weighted by Gasteiger charge is 2.18. The van der Waals surface area contributed by atoms with Crippen molar-refractivity contribution in [1.29, 1.82) is 0 Å². The molecule has 0 radical (unpaired) electrons. The lowest BCUT2D eigenvalue weighted by atomic mass is 10.4. The average molecular weight is 293 g/mol.